The number of hydrazine groups is 1. The minimum atomic E-state index is -0.336. The molecule has 0 radical (unpaired) electrons. The molecule has 0 fully saturated rings. The number of rotatable bonds is 4. The smallest absolute Gasteiger partial charge is 0.253 e. The number of carbonyl (C=O) groups is 1. The van der Waals surface area contributed by atoms with E-state index in [2.05, 4.69) is 10.4 Å². The van der Waals surface area contributed by atoms with E-state index in [0.29, 0.717) is 11.4 Å². The standard InChI is InChI=1S/C12H14N4O3/c1-19-11-3-2-8(4-10(11)17)9-5-14-7-16(9)6-12(18)15-13/h2-5,7,17H,6,13H2,1H3,(H,15,18). The lowest BCUT2D eigenvalue weighted by Crippen LogP contribution is -2.33. The highest BCUT2D eigenvalue weighted by Crippen LogP contribution is 2.31. The van der Waals surface area contributed by atoms with Gasteiger partial charge in [-0.15, -0.1) is 0 Å². The number of benzene rings is 1. The van der Waals surface area contributed by atoms with E-state index >= 15 is 0 Å². The largest absolute Gasteiger partial charge is 0.504 e. The summed E-state index contributed by atoms with van der Waals surface area (Å²) in [6, 6.07) is 4.96. The van der Waals surface area contributed by atoms with Gasteiger partial charge in [-0.05, 0) is 18.2 Å². The molecule has 1 aromatic carbocycles. The van der Waals surface area contributed by atoms with Gasteiger partial charge in [-0.3, -0.25) is 10.2 Å². The molecule has 0 saturated carbocycles. The average molecular weight is 262 g/mol. The molecule has 0 aliphatic rings. The fraction of sp³-hybridized carbons (Fsp3) is 0.167. The summed E-state index contributed by atoms with van der Waals surface area (Å²) < 4.78 is 6.60. The first-order valence-electron chi connectivity index (χ1n) is 5.52. The van der Waals surface area contributed by atoms with Gasteiger partial charge in [-0.2, -0.15) is 0 Å². The van der Waals surface area contributed by atoms with Gasteiger partial charge in [0, 0.05) is 5.56 Å². The van der Waals surface area contributed by atoms with Crippen molar-refractivity contribution in [1.82, 2.24) is 15.0 Å². The summed E-state index contributed by atoms with van der Waals surface area (Å²) >= 11 is 0. The minimum absolute atomic E-state index is 0.0241. The minimum Gasteiger partial charge on any atom is -0.504 e. The topological polar surface area (TPSA) is 102 Å². The average Bonchev–Trinajstić information content (AvgIpc) is 2.86. The molecule has 0 saturated heterocycles. The van der Waals surface area contributed by atoms with Crippen molar-refractivity contribution in [3.63, 3.8) is 0 Å². The Morgan fingerprint density at radius 1 is 1.58 bits per heavy atom. The number of phenolic OH excluding ortho intramolecular Hbond substituents is 1. The molecule has 1 heterocycles. The first-order chi connectivity index (χ1) is 9.15. The van der Waals surface area contributed by atoms with Crippen LogP contribution in [-0.4, -0.2) is 27.7 Å². The molecule has 0 spiro atoms. The molecular formula is C12H14N4O3. The van der Waals surface area contributed by atoms with Crippen LogP contribution in [0.1, 0.15) is 0 Å². The van der Waals surface area contributed by atoms with Gasteiger partial charge in [-0.1, -0.05) is 0 Å². The zero-order chi connectivity index (χ0) is 13.8. The Bertz CT molecular complexity index is 594. The number of methoxy groups -OCH3 is 1. The highest BCUT2D eigenvalue weighted by molar-refractivity contribution is 5.76. The Morgan fingerprint density at radius 2 is 2.37 bits per heavy atom. The van der Waals surface area contributed by atoms with E-state index in [4.69, 9.17) is 10.6 Å². The molecule has 0 aliphatic carbocycles. The zero-order valence-corrected chi connectivity index (χ0v) is 10.3. The van der Waals surface area contributed by atoms with Crippen LogP contribution in [0.5, 0.6) is 11.5 Å². The predicted octanol–water partition coefficient (Wildman–Crippen LogP) is 0.254. The Hall–Kier alpha value is -2.54. The third-order valence-electron chi connectivity index (χ3n) is 2.66. The molecule has 7 nitrogen and oxygen atoms in total. The van der Waals surface area contributed by atoms with Gasteiger partial charge in [-0.25, -0.2) is 10.8 Å². The monoisotopic (exact) mass is 262 g/mol. The lowest BCUT2D eigenvalue weighted by molar-refractivity contribution is -0.121. The van der Waals surface area contributed by atoms with Crippen molar-refractivity contribution in [3.05, 3.63) is 30.7 Å². The molecule has 100 valence electrons. The van der Waals surface area contributed by atoms with E-state index < -0.39 is 0 Å². The van der Waals surface area contributed by atoms with E-state index in [-0.39, 0.29) is 18.2 Å². The van der Waals surface area contributed by atoms with Crippen molar-refractivity contribution < 1.29 is 14.6 Å². The lowest BCUT2D eigenvalue weighted by atomic mass is 10.1. The van der Waals surface area contributed by atoms with E-state index in [9.17, 15) is 9.90 Å². The van der Waals surface area contributed by atoms with Crippen molar-refractivity contribution in [3.8, 4) is 22.8 Å². The number of amides is 1. The summed E-state index contributed by atoms with van der Waals surface area (Å²) in [6.07, 6.45) is 3.12. The SMILES string of the molecule is COc1ccc(-c2cncn2CC(=O)NN)cc1O. The number of imidazole rings is 1. The van der Waals surface area contributed by atoms with Crippen molar-refractivity contribution in [2.75, 3.05) is 7.11 Å². The molecule has 0 bridgehead atoms. The predicted molar refractivity (Wildman–Crippen MR) is 68.2 cm³/mol. The Balaban J connectivity index is 2.34. The van der Waals surface area contributed by atoms with Gasteiger partial charge in [0.25, 0.3) is 5.91 Å². The van der Waals surface area contributed by atoms with Crippen molar-refractivity contribution in [2.24, 2.45) is 5.84 Å². The molecule has 0 aliphatic heterocycles. The first-order valence-corrected chi connectivity index (χ1v) is 5.52. The number of nitrogens with zero attached hydrogens (tertiary/aromatic N) is 2. The maximum atomic E-state index is 11.3. The van der Waals surface area contributed by atoms with Crippen molar-refractivity contribution in [2.45, 2.75) is 6.54 Å². The second-order valence-electron chi connectivity index (χ2n) is 3.86. The number of phenols is 1. The quantitative estimate of drug-likeness (QED) is 0.416. The highest BCUT2D eigenvalue weighted by Gasteiger charge is 2.10. The summed E-state index contributed by atoms with van der Waals surface area (Å²) in [5, 5.41) is 9.76. The fourth-order valence-electron chi connectivity index (χ4n) is 1.74. The summed E-state index contributed by atoms with van der Waals surface area (Å²) in [5.74, 6) is 5.12. The Kier molecular flexibility index (Phi) is 3.67. The number of nitrogens with one attached hydrogen (secondary N) is 1. The van der Waals surface area contributed by atoms with Gasteiger partial charge in [0.1, 0.15) is 6.54 Å². The van der Waals surface area contributed by atoms with Crippen LogP contribution in [0.2, 0.25) is 0 Å². The zero-order valence-electron chi connectivity index (χ0n) is 10.3. The molecule has 1 amide bonds. The van der Waals surface area contributed by atoms with Crippen molar-refractivity contribution >= 4 is 5.91 Å². The van der Waals surface area contributed by atoms with Crippen molar-refractivity contribution in [1.29, 1.82) is 0 Å². The Morgan fingerprint density at radius 3 is 3.00 bits per heavy atom. The number of nitrogens with two attached hydrogens (primary N) is 1. The summed E-state index contributed by atoms with van der Waals surface area (Å²) in [5.41, 5.74) is 3.47. The summed E-state index contributed by atoms with van der Waals surface area (Å²) in [4.78, 5) is 15.3. The summed E-state index contributed by atoms with van der Waals surface area (Å²) in [6.45, 7) is 0.0542. The molecule has 0 unspecified atom stereocenters. The first kappa shape index (κ1) is 12.9. The molecule has 4 N–H and O–H groups in total. The highest BCUT2D eigenvalue weighted by atomic mass is 16.5. The van der Waals surface area contributed by atoms with Crippen LogP contribution < -0.4 is 16.0 Å². The third kappa shape index (κ3) is 2.66. The molecule has 2 rings (SSSR count). The second-order valence-corrected chi connectivity index (χ2v) is 3.86. The molecule has 7 heteroatoms. The van der Waals surface area contributed by atoms with Gasteiger partial charge in [0.15, 0.2) is 11.5 Å². The van der Waals surface area contributed by atoms with E-state index in [0.717, 1.165) is 5.56 Å². The fourth-order valence-corrected chi connectivity index (χ4v) is 1.74. The van der Waals surface area contributed by atoms with Gasteiger partial charge in [0.2, 0.25) is 0 Å². The second kappa shape index (κ2) is 5.40. The number of ether oxygens (including phenoxy) is 1. The number of aromatic nitrogens is 2. The molecular weight excluding hydrogens is 248 g/mol. The van der Waals surface area contributed by atoms with Crippen LogP contribution >= 0.6 is 0 Å². The van der Waals surface area contributed by atoms with E-state index in [1.54, 1.807) is 29.0 Å². The van der Waals surface area contributed by atoms with Crippen LogP contribution in [0.25, 0.3) is 11.3 Å². The van der Waals surface area contributed by atoms with Crippen LogP contribution in [0, 0.1) is 0 Å². The van der Waals surface area contributed by atoms with Gasteiger partial charge >= 0.3 is 0 Å². The molecule has 2 aromatic rings. The van der Waals surface area contributed by atoms with E-state index in [1.165, 1.54) is 13.4 Å². The number of hydrogen-bond donors (Lipinski definition) is 3. The number of hydrogen-bond acceptors (Lipinski definition) is 5. The maximum Gasteiger partial charge on any atom is 0.253 e. The van der Waals surface area contributed by atoms with Crippen LogP contribution in [0.3, 0.4) is 0 Å². The number of aromatic hydroxyl groups is 1. The van der Waals surface area contributed by atoms with Crippen LogP contribution in [-0.2, 0) is 11.3 Å². The lowest BCUT2D eigenvalue weighted by Gasteiger charge is -2.09. The normalized spacial score (nSPS) is 10.2. The molecule has 1 aromatic heterocycles. The van der Waals surface area contributed by atoms with Gasteiger partial charge in [0.05, 0.1) is 25.3 Å². The molecule has 0 atom stereocenters. The van der Waals surface area contributed by atoms with Crippen LogP contribution in [0.4, 0.5) is 0 Å². The van der Waals surface area contributed by atoms with E-state index in [1.807, 2.05) is 0 Å². The van der Waals surface area contributed by atoms with Gasteiger partial charge < -0.3 is 14.4 Å². The third-order valence-corrected chi connectivity index (χ3v) is 2.66. The van der Waals surface area contributed by atoms with Crippen LogP contribution in [0.15, 0.2) is 30.7 Å². The number of carbonyl (C=O) groups excluding carboxylic acids is 1. The Labute approximate surface area is 109 Å². The molecule has 19 heavy (non-hydrogen) atoms. The maximum absolute atomic E-state index is 11.3. The summed E-state index contributed by atoms with van der Waals surface area (Å²) in [7, 11) is 1.48.